The molecular weight excluding hydrogens is 226 g/mol. The first kappa shape index (κ1) is 11.5. The van der Waals surface area contributed by atoms with E-state index in [1.54, 1.807) is 0 Å². The van der Waals surface area contributed by atoms with Crippen LogP contribution in [0.2, 0.25) is 0 Å². The molecule has 0 aliphatic carbocycles. The molecule has 1 aliphatic heterocycles. The van der Waals surface area contributed by atoms with E-state index < -0.39 is 0 Å². The van der Waals surface area contributed by atoms with Crippen LogP contribution in [0.25, 0.3) is 11.4 Å². The van der Waals surface area contributed by atoms with Crippen molar-refractivity contribution < 1.29 is 0 Å². The third kappa shape index (κ3) is 2.47. The van der Waals surface area contributed by atoms with Crippen LogP contribution in [0.3, 0.4) is 0 Å². The monoisotopic (exact) mass is 245 g/mol. The summed E-state index contributed by atoms with van der Waals surface area (Å²) in [4.78, 5) is 13.4. The zero-order valence-corrected chi connectivity index (χ0v) is 10.6. The van der Waals surface area contributed by atoms with Gasteiger partial charge in [0.1, 0.15) is 5.82 Å². The highest BCUT2D eigenvalue weighted by atomic mass is 15.2. The molecule has 18 heavy (non-hydrogen) atoms. The molecule has 3 rings (SSSR count). The Labute approximate surface area is 107 Å². The maximum absolute atomic E-state index is 4.46. The molecule has 1 unspecified atom stereocenters. The zero-order chi connectivity index (χ0) is 12.4. The summed E-state index contributed by atoms with van der Waals surface area (Å²) in [6, 6.07) is 4.53. The van der Waals surface area contributed by atoms with Gasteiger partial charge in [0.2, 0.25) is 0 Å². The van der Waals surface area contributed by atoms with E-state index in [1.165, 1.54) is 0 Å². The Morgan fingerprint density at radius 2 is 2.39 bits per heavy atom. The summed E-state index contributed by atoms with van der Waals surface area (Å²) in [6.45, 7) is 3.27. The Balaban J connectivity index is 1.66. The number of H-pyrrole nitrogens is 2. The molecule has 1 fully saturated rings. The largest absolute Gasteiger partial charge is 0.360 e. The number of hydrogen-bond acceptors (Lipinski definition) is 3. The highest BCUT2D eigenvalue weighted by Crippen LogP contribution is 2.14. The van der Waals surface area contributed by atoms with E-state index in [1.807, 2.05) is 24.5 Å². The predicted octanol–water partition coefficient (Wildman–Crippen LogP) is 0.851. The molecule has 3 heterocycles. The van der Waals surface area contributed by atoms with E-state index >= 15 is 0 Å². The van der Waals surface area contributed by atoms with Gasteiger partial charge in [-0.05, 0) is 19.2 Å². The fourth-order valence-corrected chi connectivity index (χ4v) is 2.46. The third-order valence-electron chi connectivity index (χ3n) is 3.41. The fraction of sp³-hybridized carbons (Fsp3) is 0.462. The molecule has 0 radical (unpaired) electrons. The number of likely N-dealkylation sites (N-methyl/N-ethyl adjacent to an activating group) is 1. The Hall–Kier alpha value is -1.59. The van der Waals surface area contributed by atoms with Crippen LogP contribution < -0.4 is 5.32 Å². The van der Waals surface area contributed by atoms with Gasteiger partial charge in [0.05, 0.1) is 17.6 Å². The summed E-state index contributed by atoms with van der Waals surface area (Å²) in [5, 5.41) is 3.53. The van der Waals surface area contributed by atoms with E-state index in [0.717, 1.165) is 43.3 Å². The van der Waals surface area contributed by atoms with Gasteiger partial charge < -0.3 is 20.2 Å². The van der Waals surface area contributed by atoms with Gasteiger partial charge in [0.25, 0.3) is 0 Å². The Morgan fingerprint density at radius 1 is 1.44 bits per heavy atom. The molecule has 1 atom stereocenters. The second-order valence-corrected chi connectivity index (χ2v) is 4.94. The van der Waals surface area contributed by atoms with Crippen molar-refractivity contribution in [3.8, 4) is 11.4 Å². The lowest BCUT2D eigenvalue weighted by Gasteiger charge is -2.30. The van der Waals surface area contributed by atoms with Gasteiger partial charge >= 0.3 is 0 Å². The average Bonchev–Trinajstić information content (AvgIpc) is 2.98. The Kier molecular flexibility index (Phi) is 3.17. The molecule has 1 aliphatic rings. The van der Waals surface area contributed by atoms with Gasteiger partial charge in [0, 0.05) is 38.3 Å². The summed E-state index contributed by atoms with van der Waals surface area (Å²) < 4.78 is 0. The van der Waals surface area contributed by atoms with E-state index in [-0.39, 0.29) is 0 Å². The summed E-state index contributed by atoms with van der Waals surface area (Å²) in [5.41, 5.74) is 2.14. The summed E-state index contributed by atoms with van der Waals surface area (Å²) >= 11 is 0. The van der Waals surface area contributed by atoms with Crippen LogP contribution in [-0.2, 0) is 6.42 Å². The van der Waals surface area contributed by atoms with E-state index in [9.17, 15) is 0 Å². The second kappa shape index (κ2) is 4.96. The molecule has 0 saturated carbocycles. The molecule has 96 valence electrons. The van der Waals surface area contributed by atoms with Crippen molar-refractivity contribution in [2.45, 2.75) is 12.5 Å². The van der Waals surface area contributed by atoms with Gasteiger partial charge in [-0.25, -0.2) is 4.98 Å². The smallest absolute Gasteiger partial charge is 0.108 e. The lowest BCUT2D eigenvalue weighted by Crippen LogP contribution is -2.50. The predicted molar refractivity (Wildman–Crippen MR) is 71.4 cm³/mol. The van der Waals surface area contributed by atoms with Crippen LogP contribution in [0.4, 0.5) is 0 Å². The molecule has 1 saturated heterocycles. The molecule has 0 amide bonds. The Morgan fingerprint density at radius 3 is 3.17 bits per heavy atom. The zero-order valence-electron chi connectivity index (χ0n) is 10.6. The summed E-state index contributed by atoms with van der Waals surface area (Å²) in [7, 11) is 2.17. The number of nitrogens with zero attached hydrogens (tertiary/aromatic N) is 2. The Bertz CT molecular complexity index is 487. The first-order valence-corrected chi connectivity index (χ1v) is 6.41. The van der Waals surface area contributed by atoms with Gasteiger partial charge in [-0.15, -0.1) is 0 Å². The second-order valence-electron chi connectivity index (χ2n) is 4.94. The number of aromatic amines is 2. The molecule has 2 aromatic rings. The van der Waals surface area contributed by atoms with Gasteiger partial charge in [0.15, 0.2) is 0 Å². The number of imidazole rings is 1. The number of piperazine rings is 1. The lowest BCUT2D eigenvalue weighted by molar-refractivity contribution is 0.236. The minimum atomic E-state index is 0.492. The molecule has 2 aromatic heterocycles. The van der Waals surface area contributed by atoms with Gasteiger partial charge in [-0.3, -0.25) is 0 Å². The average molecular weight is 245 g/mol. The van der Waals surface area contributed by atoms with Crippen LogP contribution in [-0.4, -0.2) is 52.6 Å². The maximum atomic E-state index is 4.46. The fourth-order valence-electron chi connectivity index (χ4n) is 2.46. The number of aromatic nitrogens is 3. The summed E-state index contributed by atoms with van der Waals surface area (Å²) in [6.07, 6.45) is 4.77. The van der Waals surface area contributed by atoms with Crippen molar-refractivity contribution in [3.05, 3.63) is 30.4 Å². The van der Waals surface area contributed by atoms with Crippen molar-refractivity contribution in [1.29, 1.82) is 0 Å². The van der Waals surface area contributed by atoms with Crippen LogP contribution in [0, 0.1) is 0 Å². The summed E-state index contributed by atoms with van der Waals surface area (Å²) in [5.74, 6) is 1.05. The molecule has 0 aromatic carbocycles. The van der Waals surface area contributed by atoms with Gasteiger partial charge in [-0.2, -0.15) is 0 Å². The molecule has 3 N–H and O–H groups in total. The third-order valence-corrected chi connectivity index (χ3v) is 3.41. The molecule has 0 spiro atoms. The van der Waals surface area contributed by atoms with Crippen molar-refractivity contribution in [2.24, 2.45) is 0 Å². The first-order chi connectivity index (χ1) is 8.81. The number of rotatable bonds is 3. The van der Waals surface area contributed by atoms with Crippen molar-refractivity contribution >= 4 is 0 Å². The lowest BCUT2D eigenvalue weighted by atomic mass is 10.1. The highest BCUT2D eigenvalue weighted by molar-refractivity contribution is 5.53. The van der Waals surface area contributed by atoms with Crippen LogP contribution >= 0.6 is 0 Å². The minimum Gasteiger partial charge on any atom is -0.360 e. The molecule has 5 heteroatoms. The number of hydrogen-bond donors (Lipinski definition) is 3. The highest BCUT2D eigenvalue weighted by Gasteiger charge is 2.18. The maximum Gasteiger partial charge on any atom is 0.108 e. The SMILES string of the molecule is CN1CCNC(Cc2ncc(-c3ccc[nH]3)[nH]2)C1. The quantitative estimate of drug-likeness (QED) is 0.751. The topological polar surface area (TPSA) is 59.7 Å². The minimum absolute atomic E-state index is 0.492. The van der Waals surface area contributed by atoms with E-state index in [2.05, 4.69) is 32.2 Å². The normalized spacial score (nSPS) is 21.3. The van der Waals surface area contributed by atoms with E-state index in [0.29, 0.717) is 6.04 Å². The van der Waals surface area contributed by atoms with Crippen molar-refractivity contribution in [3.63, 3.8) is 0 Å². The van der Waals surface area contributed by atoms with Crippen LogP contribution in [0.15, 0.2) is 24.5 Å². The first-order valence-electron chi connectivity index (χ1n) is 6.41. The standard InChI is InChI=1S/C13H19N5/c1-18-6-5-14-10(9-18)7-13-16-8-12(17-13)11-3-2-4-15-11/h2-4,8,10,14-15H,5-7,9H2,1H3,(H,16,17). The van der Waals surface area contributed by atoms with Crippen molar-refractivity contribution in [2.75, 3.05) is 26.7 Å². The van der Waals surface area contributed by atoms with Crippen LogP contribution in [0.1, 0.15) is 5.82 Å². The number of nitrogens with one attached hydrogen (secondary N) is 3. The molecule has 0 bridgehead atoms. The molecule has 5 nitrogen and oxygen atoms in total. The van der Waals surface area contributed by atoms with E-state index in [4.69, 9.17) is 0 Å². The van der Waals surface area contributed by atoms with Crippen molar-refractivity contribution in [1.82, 2.24) is 25.2 Å². The molecular formula is C13H19N5. The van der Waals surface area contributed by atoms with Crippen LogP contribution in [0.5, 0.6) is 0 Å². The van der Waals surface area contributed by atoms with Gasteiger partial charge in [-0.1, -0.05) is 0 Å².